The predicted octanol–water partition coefficient (Wildman–Crippen LogP) is 0.591. The predicted molar refractivity (Wildman–Crippen MR) is 49.2 cm³/mol. The van der Waals surface area contributed by atoms with Crippen molar-refractivity contribution >= 4 is 27.5 Å². The van der Waals surface area contributed by atoms with E-state index in [0.717, 1.165) is 4.60 Å². The minimum absolute atomic E-state index is 0.362. The van der Waals surface area contributed by atoms with Gasteiger partial charge in [0, 0.05) is 0 Å². The average Bonchev–Trinajstić information content (AvgIpc) is 2.53. The molecule has 0 aromatic carbocycles. The van der Waals surface area contributed by atoms with Gasteiger partial charge in [0.25, 0.3) is 5.91 Å². The molecule has 2 aromatic heterocycles. The standard InChI is InChI=1S/C7H5BrN4O/c8-5-2-1-4(6(9)13)7-10-3-11-12(5)7/h1-3H,(H2,9,13). The molecule has 0 aliphatic carbocycles. The zero-order valence-electron chi connectivity index (χ0n) is 6.44. The number of fused-ring (bicyclic) bond motifs is 1. The van der Waals surface area contributed by atoms with Crippen LogP contribution in [0.25, 0.3) is 5.65 Å². The first-order valence-electron chi connectivity index (χ1n) is 3.48. The van der Waals surface area contributed by atoms with Crippen LogP contribution >= 0.6 is 15.9 Å². The summed E-state index contributed by atoms with van der Waals surface area (Å²) in [5.74, 6) is -0.509. The summed E-state index contributed by atoms with van der Waals surface area (Å²) < 4.78 is 2.23. The lowest BCUT2D eigenvalue weighted by Crippen LogP contribution is -2.13. The molecule has 0 aliphatic rings. The second kappa shape index (κ2) is 2.81. The maximum Gasteiger partial charge on any atom is 0.252 e. The summed E-state index contributed by atoms with van der Waals surface area (Å²) in [6.07, 6.45) is 1.37. The fraction of sp³-hybridized carbons (Fsp3) is 0. The fourth-order valence-corrected chi connectivity index (χ4v) is 1.46. The van der Waals surface area contributed by atoms with E-state index in [2.05, 4.69) is 26.0 Å². The zero-order chi connectivity index (χ0) is 9.42. The number of hydrogen-bond acceptors (Lipinski definition) is 3. The van der Waals surface area contributed by atoms with E-state index in [-0.39, 0.29) is 0 Å². The molecular formula is C7H5BrN4O. The van der Waals surface area contributed by atoms with Crippen LogP contribution in [0.5, 0.6) is 0 Å². The first kappa shape index (κ1) is 8.18. The van der Waals surface area contributed by atoms with Gasteiger partial charge in [0.1, 0.15) is 10.9 Å². The van der Waals surface area contributed by atoms with Gasteiger partial charge in [-0.05, 0) is 28.1 Å². The van der Waals surface area contributed by atoms with Crippen LogP contribution in [0, 0.1) is 0 Å². The van der Waals surface area contributed by atoms with E-state index in [4.69, 9.17) is 5.73 Å². The van der Waals surface area contributed by atoms with E-state index in [1.165, 1.54) is 10.8 Å². The first-order valence-corrected chi connectivity index (χ1v) is 4.27. The van der Waals surface area contributed by atoms with Crippen molar-refractivity contribution in [3.05, 3.63) is 28.6 Å². The number of pyridine rings is 1. The van der Waals surface area contributed by atoms with Gasteiger partial charge in [0.2, 0.25) is 0 Å². The van der Waals surface area contributed by atoms with Gasteiger partial charge in [0.05, 0.1) is 5.56 Å². The molecule has 5 nitrogen and oxygen atoms in total. The van der Waals surface area contributed by atoms with E-state index < -0.39 is 5.91 Å². The summed E-state index contributed by atoms with van der Waals surface area (Å²) in [7, 11) is 0. The topological polar surface area (TPSA) is 73.3 Å². The van der Waals surface area contributed by atoms with Crippen molar-refractivity contribution in [2.75, 3.05) is 0 Å². The van der Waals surface area contributed by atoms with E-state index in [0.29, 0.717) is 11.2 Å². The Balaban J connectivity index is 2.86. The molecular weight excluding hydrogens is 236 g/mol. The lowest BCUT2D eigenvalue weighted by Gasteiger charge is -1.99. The van der Waals surface area contributed by atoms with Crippen LogP contribution in [0.4, 0.5) is 0 Å². The maximum absolute atomic E-state index is 10.9. The molecule has 0 unspecified atom stereocenters. The lowest BCUT2D eigenvalue weighted by molar-refractivity contribution is 0.100. The second-order valence-corrected chi connectivity index (χ2v) is 3.24. The van der Waals surface area contributed by atoms with Gasteiger partial charge in [-0.25, -0.2) is 9.50 Å². The number of rotatable bonds is 1. The van der Waals surface area contributed by atoms with Gasteiger partial charge in [-0.3, -0.25) is 4.79 Å². The Morgan fingerprint density at radius 3 is 3.00 bits per heavy atom. The van der Waals surface area contributed by atoms with Crippen LogP contribution in [0.3, 0.4) is 0 Å². The molecule has 2 N–H and O–H groups in total. The van der Waals surface area contributed by atoms with Crippen LogP contribution < -0.4 is 5.73 Å². The summed E-state index contributed by atoms with van der Waals surface area (Å²) in [6, 6.07) is 3.30. The largest absolute Gasteiger partial charge is 0.365 e. The number of nitrogens with zero attached hydrogens (tertiary/aromatic N) is 3. The van der Waals surface area contributed by atoms with Gasteiger partial charge < -0.3 is 5.73 Å². The highest BCUT2D eigenvalue weighted by atomic mass is 79.9. The number of nitrogens with two attached hydrogens (primary N) is 1. The quantitative estimate of drug-likeness (QED) is 0.742. The zero-order valence-corrected chi connectivity index (χ0v) is 8.02. The number of carbonyl (C=O) groups is 1. The molecule has 13 heavy (non-hydrogen) atoms. The number of halogens is 1. The maximum atomic E-state index is 10.9. The molecule has 0 radical (unpaired) electrons. The Morgan fingerprint density at radius 1 is 1.54 bits per heavy atom. The van der Waals surface area contributed by atoms with Crippen LogP contribution in [-0.2, 0) is 0 Å². The third-order valence-electron chi connectivity index (χ3n) is 1.64. The number of hydrogen-bond donors (Lipinski definition) is 1. The van der Waals surface area contributed by atoms with Gasteiger partial charge >= 0.3 is 0 Å². The molecule has 0 saturated heterocycles. The number of aromatic nitrogens is 3. The van der Waals surface area contributed by atoms with Crippen molar-refractivity contribution in [1.29, 1.82) is 0 Å². The molecule has 0 atom stereocenters. The highest BCUT2D eigenvalue weighted by Crippen LogP contribution is 2.14. The molecule has 2 rings (SSSR count). The van der Waals surface area contributed by atoms with Gasteiger partial charge in [-0.15, -0.1) is 0 Å². The Hall–Kier alpha value is -1.43. The summed E-state index contributed by atoms with van der Waals surface area (Å²) in [5.41, 5.74) is 5.98. The molecule has 66 valence electrons. The minimum atomic E-state index is -0.509. The van der Waals surface area contributed by atoms with Crippen molar-refractivity contribution < 1.29 is 4.79 Å². The highest BCUT2D eigenvalue weighted by molar-refractivity contribution is 9.10. The number of amides is 1. The third kappa shape index (κ3) is 1.19. The monoisotopic (exact) mass is 240 g/mol. The van der Waals surface area contributed by atoms with Gasteiger partial charge in [0.15, 0.2) is 5.65 Å². The molecule has 0 spiro atoms. The molecule has 0 aliphatic heterocycles. The van der Waals surface area contributed by atoms with Crippen molar-refractivity contribution in [3.63, 3.8) is 0 Å². The van der Waals surface area contributed by atoms with Crippen LogP contribution in [0.2, 0.25) is 0 Å². The molecule has 1 amide bonds. The average molecular weight is 241 g/mol. The summed E-state index contributed by atoms with van der Waals surface area (Å²) in [6.45, 7) is 0. The normalized spacial score (nSPS) is 10.5. The van der Waals surface area contributed by atoms with Gasteiger partial charge in [-0.1, -0.05) is 0 Å². The molecule has 0 saturated carbocycles. The summed E-state index contributed by atoms with van der Waals surface area (Å²) in [4.78, 5) is 14.9. The number of primary amides is 1. The van der Waals surface area contributed by atoms with Crippen molar-refractivity contribution in [2.45, 2.75) is 0 Å². The Morgan fingerprint density at radius 2 is 2.31 bits per heavy atom. The van der Waals surface area contributed by atoms with Crippen LogP contribution in [0.1, 0.15) is 10.4 Å². The van der Waals surface area contributed by atoms with E-state index in [1.54, 1.807) is 12.1 Å². The Kier molecular flexibility index (Phi) is 1.77. The molecule has 0 fully saturated rings. The molecule has 6 heteroatoms. The highest BCUT2D eigenvalue weighted by Gasteiger charge is 2.09. The number of carbonyl (C=O) groups excluding carboxylic acids is 1. The Bertz CT molecular complexity index is 478. The van der Waals surface area contributed by atoms with Crippen molar-refractivity contribution in [2.24, 2.45) is 5.73 Å². The van der Waals surface area contributed by atoms with Crippen molar-refractivity contribution in [1.82, 2.24) is 14.6 Å². The molecule has 2 aromatic rings. The fourth-order valence-electron chi connectivity index (χ4n) is 1.07. The van der Waals surface area contributed by atoms with E-state index >= 15 is 0 Å². The van der Waals surface area contributed by atoms with Crippen molar-refractivity contribution in [3.8, 4) is 0 Å². The lowest BCUT2D eigenvalue weighted by atomic mass is 10.2. The van der Waals surface area contributed by atoms with E-state index in [1.807, 2.05) is 0 Å². The van der Waals surface area contributed by atoms with E-state index in [9.17, 15) is 4.79 Å². The van der Waals surface area contributed by atoms with Crippen LogP contribution in [-0.4, -0.2) is 20.5 Å². The minimum Gasteiger partial charge on any atom is -0.365 e. The molecule has 0 bridgehead atoms. The smallest absolute Gasteiger partial charge is 0.252 e. The third-order valence-corrected chi connectivity index (χ3v) is 2.24. The first-order chi connectivity index (χ1) is 6.20. The molecule has 2 heterocycles. The second-order valence-electron chi connectivity index (χ2n) is 2.43. The Labute approximate surface area is 81.7 Å². The van der Waals surface area contributed by atoms with Crippen LogP contribution in [0.15, 0.2) is 23.1 Å². The summed E-state index contributed by atoms with van der Waals surface area (Å²) in [5, 5.41) is 3.91. The van der Waals surface area contributed by atoms with Gasteiger partial charge in [-0.2, -0.15) is 5.10 Å². The SMILES string of the molecule is NC(=O)c1ccc(Br)n2ncnc12. The summed E-state index contributed by atoms with van der Waals surface area (Å²) >= 11 is 3.27.